The molecule has 1 aromatic heterocycles. The molecule has 0 amide bonds. The molecule has 0 spiro atoms. The summed E-state index contributed by atoms with van der Waals surface area (Å²) in [6, 6.07) is 3.82. The van der Waals surface area contributed by atoms with Crippen LogP contribution in [0.25, 0.3) is 0 Å². The summed E-state index contributed by atoms with van der Waals surface area (Å²) < 4.78 is 0. The van der Waals surface area contributed by atoms with E-state index in [1.54, 1.807) is 6.20 Å². The number of halogens is 1. The van der Waals surface area contributed by atoms with E-state index in [2.05, 4.69) is 11.9 Å². The van der Waals surface area contributed by atoms with Crippen LogP contribution in [0.3, 0.4) is 0 Å². The summed E-state index contributed by atoms with van der Waals surface area (Å²) in [5.74, 6) is 0. The highest BCUT2D eigenvalue weighted by Crippen LogP contribution is 2.17. The second-order valence-electron chi connectivity index (χ2n) is 4.21. The first-order valence-corrected chi connectivity index (χ1v) is 6.49. The largest absolute Gasteiger partial charge is 0.323 e. The maximum Gasteiger partial charge on any atom is 0.0589 e. The van der Waals surface area contributed by atoms with Gasteiger partial charge in [-0.2, -0.15) is 0 Å². The highest BCUT2D eigenvalue weighted by atomic mass is 35.5. The summed E-state index contributed by atoms with van der Waals surface area (Å²) in [5, 5.41) is 0.666. The Morgan fingerprint density at radius 3 is 2.62 bits per heavy atom. The minimum Gasteiger partial charge on any atom is -0.323 e. The van der Waals surface area contributed by atoms with Gasteiger partial charge in [-0.05, 0) is 18.6 Å². The van der Waals surface area contributed by atoms with Gasteiger partial charge in [-0.25, -0.2) is 0 Å². The molecule has 0 fully saturated rings. The van der Waals surface area contributed by atoms with E-state index in [1.807, 2.05) is 12.1 Å². The van der Waals surface area contributed by atoms with E-state index in [4.69, 9.17) is 17.3 Å². The third kappa shape index (κ3) is 4.95. The Balaban J connectivity index is 2.24. The zero-order valence-corrected chi connectivity index (χ0v) is 10.7. The van der Waals surface area contributed by atoms with E-state index in [0.717, 1.165) is 12.1 Å². The molecular formula is C13H21ClN2. The van der Waals surface area contributed by atoms with Crippen molar-refractivity contribution in [1.29, 1.82) is 0 Å². The second-order valence-corrected chi connectivity index (χ2v) is 4.65. The van der Waals surface area contributed by atoms with Crippen molar-refractivity contribution in [1.82, 2.24) is 4.98 Å². The third-order valence-electron chi connectivity index (χ3n) is 2.75. The lowest BCUT2D eigenvalue weighted by Gasteiger charge is -2.10. The quantitative estimate of drug-likeness (QED) is 0.729. The molecule has 1 aromatic rings. The van der Waals surface area contributed by atoms with Crippen LogP contribution in [-0.2, 0) is 0 Å². The Bertz CT molecular complexity index is 284. The lowest BCUT2D eigenvalue weighted by atomic mass is 10.0. The molecule has 90 valence electrons. The number of unbranched alkanes of at least 4 members (excludes halogenated alkanes) is 4. The van der Waals surface area contributed by atoms with Crippen molar-refractivity contribution in [2.75, 3.05) is 0 Å². The van der Waals surface area contributed by atoms with Gasteiger partial charge in [0, 0.05) is 12.2 Å². The Labute approximate surface area is 103 Å². The van der Waals surface area contributed by atoms with Gasteiger partial charge in [0.1, 0.15) is 0 Å². The lowest BCUT2D eigenvalue weighted by molar-refractivity contribution is 0.548. The number of nitrogens with zero attached hydrogens (tertiary/aromatic N) is 1. The molecule has 2 nitrogen and oxygen atoms in total. The number of rotatable bonds is 7. The Kier molecular flexibility index (Phi) is 6.43. The SMILES string of the molecule is CCCCCCCC(N)c1ccc(Cl)cn1. The molecule has 0 saturated carbocycles. The number of pyridine rings is 1. The summed E-state index contributed by atoms with van der Waals surface area (Å²) in [5.41, 5.74) is 7.00. The van der Waals surface area contributed by atoms with Gasteiger partial charge in [0.15, 0.2) is 0 Å². The standard InChI is InChI=1S/C13H21ClN2/c1-2-3-4-5-6-7-12(15)13-9-8-11(14)10-16-13/h8-10,12H,2-7,15H2,1H3. The van der Waals surface area contributed by atoms with E-state index in [0.29, 0.717) is 5.02 Å². The lowest BCUT2D eigenvalue weighted by Crippen LogP contribution is -2.11. The van der Waals surface area contributed by atoms with E-state index in [1.165, 1.54) is 32.1 Å². The number of nitrogens with two attached hydrogens (primary N) is 1. The summed E-state index contributed by atoms with van der Waals surface area (Å²) in [6.45, 7) is 2.23. The molecule has 0 saturated heterocycles. The van der Waals surface area contributed by atoms with Gasteiger partial charge in [0.25, 0.3) is 0 Å². The first kappa shape index (κ1) is 13.5. The molecule has 0 aliphatic heterocycles. The van der Waals surface area contributed by atoms with Crippen molar-refractivity contribution in [3.63, 3.8) is 0 Å². The summed E-state index contributed by atoms with van der Waals surface area (Å²) in [7, 11) is 0. The molecule has 0 aliphatic carbocycles. The maximum absolute atomic E-state index is 6.05. The maximum atomic E-state index is 6.05. The fraction of sp³-hybridized carbons (Fsp3) is 0.615. The summed E-state index contributed by atoms with van der Waals surface area (Å²) in [4.78, 5) is 4.24. The first-order valence-electron chi connectivity index (χ1n) is 6.11. The van der Waals surface area contributed by atoms with E-state index in [-0.39, 0.29) is 6.04 Å². The fourth-order valence-corrected chi connectivity index (χ4v) is 1.83. The van der Waals surface area contributed by atoms with Gasteiger partial charge in [0.2, 0.25) is 0 Å². The van der Waals surface area contributed by atoms with E-state index >= 15 is 0 Å². The van der Waals surface area contributed by atoms with Gasteiger partial charge in [-0.1, -0.05) is 50.6 Å². The number of hydrogen-bond donors (Lipinski definition) is 1. The van der Waals surface area contributed by atoms with Gasteiger partial charge in [-0.3, -0.25) is 4.98 Å². The van der Waals surface area contributed by atoms with Crippen molar-refractivity contribution in [3.05, 3.63) is 29.0 Å². The second kappa shape index (κ2) is 7.64. The van der Waals surface area contributed by atoms with Crippen LogP contribution < -0.4 is 5.73 Å². The summed E-state index contributed by atoms with van der Waals surface area (Å²) >= 11 is 5.77. The van der Waals surface area contributed by atoms with Gasteiger partial charge in [0.05, 0.1) is 10.7 Å². The third-order valence-corrected chi connectivity index (χ3v) is 2.97. The topological polar surface area (TPSA) is 38.9 Å². The van der Waals surface area contributed by atoms with Crippen molar-refractivity contribution in [3.8, 4) is 0 Å². The van der Waals surface area contributed by atoms with Crippen LogP contribution in [0, 0.1) is 0 Å². The van der Waals surface area contributed by atoms with Gasteiger partial charge < -0.3 is 5.73 Å². The minimum absolute atomic E-state index is 0.0545. The predicted octanol–water partition coefficient (Wildman–Crippen LogP) is 4.10. The molecule has 3 heteroatoms. The normalized spacial score (nSPS) is 12.7. The molecule has 0 radical (unpaired) electrons. The summed E-state index contributed by atoms with van der Waals surface area (Å²) in [6.07, 6.45) is 9.06. The zero-order valence-electron chi connectivity index (χ0n) is 9.95. The molecule has 0 aliphatic rings. The molecule has 1 heterocycles. The van der Waals surface area contributed by atoms with Gasteiger partial charge >= 0.3 is 0 Å². The molecule has 2 N–H and O–H groups in total. The smallest absolute Gasteiger partial charge is 0.0589 e. The van der Waals surface area contributed by atoms with Crippen LogP contribution in [0.15, 0.2) is 18.3 Å². The average molecular weight is 241 g/mol. The Morgan fingerprint density at radius 2 is 2.00 bits per heavy atom. The van der Waals surface area contributed by atoms with Crippen LogP contribution in [0.2, 0.25) is 5.02 Å². The number of hydrogen-bond acceptors (Lipinski definition) is 2. The van der Waals surface area contributed by atoms with Crippen molar-refractivity contribution in [2.24, 2.45) is 5.73 Å². The molecular weight excluding hydrogens is 220 g/mol. The zero-order chi connectivity index (χ0) is 11.8. The van der Waals surface area contributed by atoms with Crippen molar-refractivity contribution in [2.45, 2.75) is 51.5 Å². The van der Waals surface area contributed by atoms with E-state index < -0.39 is 0 Å². The molecule has 0 aromatic carbocycles. The Morgan fingerprint density at radius 1 is 1.25 bits per heavy atom. The molecule has 16 heavy (non-hydrogen) atoms. The van der Waals surface area contributed by atoms with Crippen LogP contribution >= 0.6 is 11.6 Å². The van der Waals surface area contributed by atoms with Crippen molar-refractivity contribution < 1.29 is 0 Å². The predicted molar refractivity (Wildman–Crippen MR) is 69.6 cm³/mol. The average Bonchev–Trinajstić information content (AvgIpc) is 2.29. The van der Waals surface area contributed by atoms with Crippen LogP contribution in [0.4, 0.5) is 0 Å². The van der Waals surface area contributed by atoms with Crippen LogP contribution in [0.5, 0.6) is 0 Å². The first-order chi connectivity index (χ1) is 7.74. The molecule has 1 atom stereocenters. The van der Waals surface area contributed by atoms with Crippen LogP contribution in [0.1, 0.15) is 57.2 Å². The van der Waals surface area contributed by atoms with Crippen LogP contribution in [-0.4, -0.2) is 4.98 Å². The highest BCUT2D eigenvalue weighted by molar-refractivity contribution is 6.30. The number of aromatic nitrogens is 1. The molecule has 1 rings (SSSR count). The monoisotopic (exact) mass is 240 g/mol. The van der Waals surface area contributed by atoms with E-state index in [9.17, 15) is 0 Å². The highest BCUT2D eigenvalue weighted by Gasteiger charge is 2.06. The van der Waals surface area contributed by atoms with Crippen molar-refractivity contribution >= 4 is 11.6 Å². The fourth-order valence-electron chi connectivity index (χ4n) is 1.72. The molecule has 0 bridgehead atoms. The Hall–Kier alpha value is -0.600. The van der Waals surface area contributed by atoms with Gasteiger partial charge in [-0.15, -0.1) is 0 Å². The molecule has 1 unspecified atom stereocenters. The minimum atomic E-state index is 0.0545.